The third kappa shape index (κ3) is 2.66. The molecule has 0 saturated heterocycles. The van der Waals surface area contributed by atoms with Crippen LogP contribution in [0, 0.1) is 17.3 Å². The Morgan fingerprint density at radius 1 is 1.13 bits per heavy atom. The third-order valence-corrected chi connectivity index (χ3v) is 6.37. The Morgan fingerprint density at radius 2 is 1.78 bits per heavy atom. The zero-order valence-corrected chi connectivity index (χ0v) is 14.9. The SMILES string of the molecule is CCCCCc1cc(O)c([C@@H]2C=C(C)[C@@H]3C[C@H]2C3(C)C)c(O)c1. The molecule has 0 amide bonds. The maximum absolute atomic E-state index is 10.6. The standard InChI is InChI=1S/C21H30O2/c1-5-6-7-8-14-10-18(22)20(19(23)11-14)15-9-13(2)16-12-17(15)21(16,3)4/h9-11,15-17,22-23H,5-8,12H2,1-4H3/t15-,16+,17-/m1/s1. The van der Waals surface area contributed by atoms with Gasteiger partial charge in [-0.25, -0.2) is 0 Å². The number of aromatic hydroxyl groups is 2. The smallest absolute Gasteiger partial charge is 0.123 e. The van der Waals surface area contributed by atoms with Crippen LogP contribution in [0.2, 0.25) is 0 Å². The molecule has 0 radical (unpaired) electrons. The highest BCUT2D eigenvalue weighted by atomic mass is 16.3. The molecule has 0 heterocycles. The molecule has 0 spiro atoms. The highest BCUT2D eigenvalue weighted by Crippen LogP contribution is 2.64. The van der Waals surface area contributed by atoms with Gasteiger partial charge in [0.25, 0.3) is 0 Å². The van der Waals surface area contributed by atoms with Crippen LogP contribution in [0.3, 0.4) is 0 Å². The summed E-state index contributed by atoms with van der Waals surface area (Å²) in [7, 11) is 0. The number of phenolic OH excluding ortho intramolecular Hbond substituents is 2. The van der Waals surface area contributed by atoms with Gasteiger partial charge >= 0.3 is 0 Å². The summed E-state index contributed by atoms with van der Waals surface area (Å²) in [6.07, 6.45) is 7.85. The number of benzene rings is 1. The quantitative estimate of drug-likeness (QED) is 0.553. The van der Waals surface area contributed by atoms with Gasteiger partial charge in [-0.15, -0.1) is 0 Å². The second-order valence-corrected chi connectivity index (χ2v) is 8.16. The fraction of sp³-hybridized carbons (Fsp3) is 0.619. The number of hydrogen-bond acceptors (Lipinski definition) is 2. The molecule has 1 saturated carbocycles. The van der Waals surface area contributed by atoms with Gasteiger partial charge in [-0.1, -0.05) is 45.3 Å². The molecule has 1 aromatic carbocycles. The first-order valence-corrected chi connectivity index (χ1v) is 9.09. The van der Waals surface area contributed by atoms with E-state index in [1.54, 1.807) is 0 Å². The molecular weight excluding hydrogens is 284 g/mol. The molecule has 126 valence electrons. The van der Waals surface area contributed by atoms with E-state index in [1.807, 2.05) is 12.1 Å². The zero-order chi connectivity index (χ0) is 16.8. The molecule has 23 heavy (non-hydrogen) atoms. The number of fused-ring (bicyclic) bond motifs is 1. The van der Waals surface area contributed by atoms with Crippen LogP contribution in [-0.4, -0.2) is 10.2 Å². The lowest BCUT2D eigenvalue weighted by atomic mass is 9.45. The molecule has 3 atom stereocenters. The second-order valence-electron chi connectivity index (χ2n) is 8.16. The Bertz CT molecular complexity index is 604. The summed E-state index contributed by atoms with van der Waals surface area (Å²) in [5.74, 6) is 1.86. The minimum absolute atomic E-state index is 0.139. The van der Waals surface area contributed by atoms with E-state index in [0.29, 0.717) is 11.8 Å². The molecule has 1 fully saturated rings. The van der Waals surface area contributed by atoms with E-state index in [0.717, 1.165) is 24.0 Å². The predicted octanol–water partition coefficient (Wildman–Crippen LogP) is 5.54. The molecule has 0 aromatic heterocycles. The van der Waals surface area contributed by atoms with E-state index in [9.17, 15) is 10.2 Å². The first kappa shape index (κ1) is 16.4. The fourth-order valence-corrected chi connectivity index (χ4v) is 4.89. The first-order valence-electron chi connectivity index (χ1n) is 9.09. The largest absolute Gasteiger partial charge is 0.507 e. The van der Waals surface area contributed by atoms with Crippen LogP contribution in [-0.2, 0) is 6.42 Å². The van der Waals surface area contributed by atoms with Crippen molar-refractivity contribution in [3.63, 3.8) is 0 Å². The van der Waals surface area contributed by atoms with Gasteiger partial charge in [0.05, 0.1) is 0 Å². The second kappa shape index (κ2) is 5.89. The maximum atomic E-state index is 10.6. The summed E-state index contributed by atoms with van der Waals surface area (Å²) in [5, 5.41) is 21.2. The molecule has 0 unspecified atom stereocenters. The van der Waals surface area contributed by atoms with Crippen LogP contribution < -0.4 is 0 Å². The number of unbranched alkanes of at least 4 members (excludes halogenated alkanes) is 2. The molecule has 2 nitrogen and oxygen atoms in total. The summed E-state index contributed by atoms with van der Waals surface area (Å²) in [6.45, 7) is 9.02. The van der Waals surface area contributed by atoms with Gasteiger partial charge in [0, 0.05) is 11.5 Å². The molecular formula is C21H30O2. The highest BCUT2D eigenvalue weighted by molar-refractivity contribution is 5.52. The molecule has 1 aromatic rings. The van der Waals surface area contributed by atoms with Gasteiger partial charge in [0.15, 0.2) is 0 Å². The molecule has 0 aliphatic heterocycles. The molecule has 4 rings (SSSR count). The highest BCUT2D eigenvalue weighted by Gasteiger charge is 2.55. The fourth-order valence-electron chi connectivity index (χ4n) is 4.89. The summed E-state index contributed by atoms with van der Waals surface area (Å²) in [6, 6.07) is 3.73. The van der Waals surface area contributed by atoms with Crippen molar-refractivity contribution >= 4 is 0 Å². The predicted molar refractivity (Wildman–Crippen MR) is 94.9 cm³/mol. The van der Waals surface area contributed by atoms with Crippen LogP contribution in [0.15, 0.2) is 23.8 Å². The lowest BCUT2D eigenvalue weighted by Crippen LogP contribution is -2.50. The van der Waals surface area contributed by atoms with Gasteiger partial charge in [0.2, 0.25) is 0 Å². The van der Waals surface area contributed by atoms with Crippen LogP contribution >= 0.6 is 0 Å². The van der Waals surface area contributed by atoms with Gasteiger partial charge in [-0.2, -0.15) is 0 Å². The Morgan fingerprint density at radius 3 is 2.30 bits per heavy atom. The molecule has 3 aliphatic carbocycles. The lowest BCUT2D eigenvalue weighted by molar-refractivity contribution is -0.0198. The van der Waals surface area contributed by atoms with Crippen LogP contribution in [0.4, 0.5) is 0 Å². The van der Waals surface area contributed by atoms with Crippen molar-refractivity contribution in [2.45, 2.75) is 65.7 Å². The third-order valence-electron chi connectivity index (χ3n) is 6.37. The topological polar surface area (TPSA) is 40.5 Å². The van der Waals surface area contributed by atoms with Crippen LogP contribution in [0.25, 0.3) is 0 Å². The van der Waals surface area contributed by atoms with E-state index >= 15 is 0 Å². The van der Waals surface area contributed by atoms with Gasteiger partial charge in [0.1, 0.15) is 11.5 Å². The van der Waals surface area contributed by atoms with Gasteiger partial charge in [-0.05, 0) is 61.1 Å². The number of aryl methyl sites for hydroxylation is 1. The van der Waals surface area contributed by atoms with Crippen molar-refractivity contribution < 1.29 is 10.2 Å². The average Bonchev–Trinajstić information content (AvgIpc) is 2.45. The van der Waals surface area contributed by atoms with E-state index < -0.39 is 0 Å². The van der Waals surface area contributed by atoms with E-state index in [2.05, 4.69) is 33.8 Å². The lowest BCUT2D eigenvalue weighted by Gasteiger charge is -2.59. The summed E-state index contributed by atoms with van der Waals surface area (Å²) in [4.78, 5) is 0. The van der Waals surface area contributed by atoms with Crippen molar-refractivity contribution in [3.8, 4) is 11.5 Å². The normalized spacial score (nSPS) is 28.2. The number of phenols is 2. The minimum atomic E-state index is 0.139. The Balaban J connectivity index is 1.90. The zero-order valence-electron chi connectivity index (χ0n) is 14.9. The van der Waals surface area contributed by atoms with Gasteiger partial charge in [-0.3, -0.25) is 0 Å². The maximum Gasteiger partial charge on any atom is 0.123 e. The summed E-state index contributed by atoms with van der Waals surface area (Å²) < 4.78 is 0. The molecule has 2 bridgehead atoms. The summed E-state index contributed by atoms with van der Waals surface area (Å²) >= 11 is 0. The molecule has 3 aliphatic rings. The number of rotatable bonds is 5. The van der Waals surface area contributed by atoms with Crippen molar-refractivity contribution in [1.82, 2.24) is 0 Å². The van der Waals surface area contributed by atoms with Crippen LogP contribution in [0.5, 0.6) is 11.5 Å². The molecule has 2 heteroatoms. The van der Waals surface area contributed by atoms with Gasteiger partial charge < -0.3 is 10.2 Å². The average molecular weight is 314 g/mol. The Kier molecular flexibility index (Phi) is 4.20. The van der Waals surface area contributed by atoms with Crippen molar-refractivity contribution in [3.05, 3.63) is 34.9 Å². The summed E-state index contributed by atoms with van der Waals surface area (Å²) in [5.41, 5.74) is 3.45. The van der Waals surface area contributed by atoms with Crippen LogP contribution in [0.1, 0.15) is 70.4 Å². The van der Waals surface area contributed by atoms with Crippen molar-refractivity contribution in [1.29, 1.82) is 0 Å². The van der Waals surface area contributed by atoms with E-state index in [1.165, 1.54) is 24.8 Å². The van der Waals surface area contributed by atoms with Crippen molar-refractivity contribution in [2.75, 3.05) is 0 Å². The Labute approximate surface area is 140 Å². The number of allylic oxidation sites excluding steroid dienone is 2. The first-order chi connectivity index (χ1) is 10.9. The Hall–Kier alpha value is -1.44. The number of hydrogen-bond donors (Lipinski definition) is 2. The van der Waals surface area contributed by atoms with Crippen molar-refractivity contribution in [2.24, 2.45) is 17.3 Å². The van der Waals surface area contributed by atoms with E-state index in [4.69, 9.17) is 0 Å². The monoisotopic (exact) mass is 314 g/mol. The van der Waals surface area contributed by atoms with E-state index in [-0.39, 0.29) is 22.8 Å². The minimum Gasteiger partial charge on any atom is -0.507 e. The molecule has 2 N–H and O–H groups in total.